The highest BCUT2D eigenvalue weighted by Gasteiger charge is 2.17. The van der Waals surface area contributed by atoms with Crippen LogP contribution in [0.3, 0.4) is 0 Å². The van der Waals surface area contributed by atoms with Crippen molar-refractivity contribution >= 4 is 40.6 Å². The number of rotatable bonds is 6. The lowest BCUT2D eigenvalue weighted by atomic mass is 10.1. The average molecular weight is 442 g/mol. The molecule has 30 heavy (non-hydrogen) atoms. The minimum Gasteiger partial charge on any atom is -0.440 e. The molecule has 3 aromatic rings. The summed E-state index contributed by atoms with van der Waals surface area (Å²) in [6.07, 6.45) is 0.538. The Labute approximate surface area is 183 Å². The van der Waals surface area contributed by atoms with Crippen LogP contribution in [-0.2, 0) is 22.4 Å². The summed E-state index contributed by atoms with van der Waals surface area (Å²) < 4.78 is 5.69. The van der Waals surface area contributed by atoms with Gasteiger partial charge < -0.3 is 14.6 Å². The van der Waals surface area contributed by atoms with E-state index in [1.54, 1.807) is 11.3 Å². The van der Waals surface area contributed by atoms with Crippen LogP contribution in [0.2, 0.25) is 0 Å². The fraction of sp³-hybridized carbons (Fsp3) is 0.318. The predicted octanol–water partition coefficient (Wildman–Crippen LogP) is 4.01. The molecule has 156 valence electrons. The van der Waals surface area contributed by atoms with Crippen molar-refractivity contribution in [3.05, 3.63) is 58.8 Å². The molecule has 0 atom stereocenters. The van der Waals surface area contributed by atoms with E-state index >= 15 is 0 Å². The maximum absolute atomic E-state index is 12.4. The lowest BCUT2D eigenvalue weighted by Crippen LogP contribution is -2.38. The van der Waals surface area contributed by atoms with Crippen molar-refractivity contribution in [2.45, 2.75) is 19.8 Å². The lowest BCUT2D eigenvalue weighted by Gasteiger charge is -2.26. The van der Waals surface area contributed by atoms with Crippen molar-refractivity contribution < 1.29 is 14.0 Å². The molecule has 0 spiro atoms. The van der Waals surface area contributed by atoms with Crippen LogP contribution in [0.1, 0.15) is 17.0 Å². The molecule has 6 nitrogen and oxygen atoms in total. The second kappa shape index (κ2) is 9.49. The number of aromatic nitrogens is 1. The van der Waals surface area contributed by atoms with Crippen molar-refractivity contribution in [1.82, 2.24) is 9.88 Å². The third-order valence-electron chi connectivity index (χ3n) is 4.91. The number of oxazole rings is 1. The van der Waals surface area contributed by atoms with Gasteiger partial charge in [0, 0.05) is 30.3 Å². The molecular weight excluding hydrogens is 418 g/mol. The molecule has 1 fully saturated rings. The molecule has 0 saturated carbocycles. The molecule has 0 bridgehead atoms. The highest BCUT2D eigenvalue weighted by molar-refractivity contribution is 7.99. The number of hydrogen-bond donors (Lipinski definition) is 1. The zero-order valence-corrected chi connectivity index (χ0v) is 18.4. The molecule has 1 aliphatic heterocycles. The molecular formula is C22H23N3O3S2. The van der Waals surface area contributed by atoms with Gasteiger partial charge in [0.2, 0.25) is 17.7 Å². The highest BCUT2D eigenvalue weighted by Crippen LogP contribution is 2.26. The van der Waals surface area contributed by atoms with Crippen LogP contribution in [0.4, 0.5) is 5.69 Å². The van der Waals surface area contributed by atoms with Gasteiger partial charge in [-0.2, -0.15) is 11.8 Å². The summed E-state index contributed by atoms with van der Waals surface area (Å²) in [5.41, 5.74) is 2.28. The first-order valence-corrected chi connectivity index (χ1v) is 11.9. The average Bonchev–Trinajstić information content (AvgIpc) is 3.40. The molecule has 1 aromatic carbocycles. The van der Waals surface area contributed by atoms with Gasteiger partial charge in [0.25, 0.3) is 0 Å². The van der Waals surface area contributed by atoms with E-state index in [0.29, 0.717) is 29.5 Å². The standard InChI is InChI=1S/C22H23N3O3S2/c1-15-18(24-22(28-15)19-3-2-10-30-19)14-20(26)23-17-6-4-16(5-7-17)13-21(27)25-8-11-29-12-9-25/h2-7,10H,8-9,11-14H2,1H3,(H,23,26). The van der Waals surface area contributed by atoms with Crippen molar-refractivity contribution in [2.75, 3.05) is 29.9 Å². The van der Waals surface area contributed by atoms with E-state index in [-0.39, 0.29) is 18.2 Å². The Hall–Kier alpha value is -2.58. The number of carbonyl (C=O) groups is 2. The summed E-state index contributed by atoms with van der Waals surface area (Å²) in [6.45, 7) is 3.47. The van der Waals surface area contributed by atoms with E-state index in [4.69, 9.17) is 4.42 Å². The number of carbonyl (C=O) groups excluding carboxylic acids is 2. The molecule has 1 N–H and O–H groups in total. The van der Waals surface area contributed by atoms with E-state index in [9.17, 15) is 9.59 Å². The van der Waals surface area contributed by atoms with Crippen LogP contribution < -0.4 is 5.32 Å². The second-order valence-corrected chi connectivity index (χ2v) is 9.26. The van der Waals surface area contributed by atoms with Gasteiger partial charge in [0.05, 0.1) is 23.4 Å². The Morgan fingerprint density at radius 2 is 1.90 bits per heavy atom. The second-order valence-electron chi connectivity index (χ2n) is 7.09. The number of hydrogen-bond acceptors (Lipinski definition) is 6. The van der Waals surface area contributed by atoms with Gasteiger partial charge in [0.15, 0.2) is 0 Å². The van der Waals surface area contributed by atoms with Gasteiger partial charge >= 0.3 is 0 Å². The maximum atomic E-state index is 12.4. The van der Waals surface area contributed by atoms with Crippen LogP contribution in [0, 0.1) is 6.92 Å². The molecule has 0 aliphatic carbocycles. The summed E-state index contributed by atoms with van der Waals surface area (Å²) in [5, 5.41) is 4.85. The Bertz CT molecular complexity index is 1010. The number of benzene rings is 1. The zero-order valence-electron chi connectivity index (χ0n) is 16.7. The first-order chi connectivity index (χ1) is 14.6. The number of amides is 2. The van der Waals surface area contributed by atoms with Crippen molar-refractivity contribution in [2.24, 2.45) is 0 Å². The minimum absolute atomic E-state index is 0.147. The molecule has 2 amide bonds. The van der Waals surface area contributed by atoms with Gasteiger partial charge in [-0.3, -0.25) is 9.59 Å². The number of anilines is 1. The van der Waals surface area contributed by atoms with Crippen molar-refractivity contribution in [1.29, 1.82) is 0 Å². The molecule has 8 heteroatoms. The van der Waals surface area contributed by atoms with Crippen LogP contribution >= 0.6 is 23.1 Å². The van der Waals surface area contributed by atoms with Crippen molar-refractivity contribution in [3.63, 3.8) is 0 Å². The number of nitrogens with one attached hydrogen (secondary N) is 1. The zero-order chi connectivity index (χ0) is 20.9. The molecule has 4 rings (SSSR count). The first kappa shape index (κ1) is 20.7. The Morgan fingerprint density at radius 3 is 2.60 bits per heavy atom. The third kappa shape index (κ3) is 5.12. The molecule has 2 aromatic heterocycles. The summed E-state index contributed by atoms with van der Waals surface area (Å²) in [6, 6.07) is 11.3. The van der Waals surface area contributed by atoms with E-state index < -0.39 is 0 Å². The van der Waals surface area contributed by atoms with Crippen LogP contribution in [0.25, 0.3) is 10.8 Å². The topological polar surface area (TPSA) is 75.4 Å². The normalized spacial score (nSPS) is 14.0. The molecule has 1 aliphatic rings. The van der Waals surface area contributed by atoms with E-state index in [2.05, 4.69) is 10.3 Å². The largest absolute Gasteiger partial charge is 0.440 e. The number of thioether (sulfide) groups is 1. The Morgan fingerprint density at radius 1 is 1.13 bits per heavy atom. The smallest absolute Gasteiger partial charge is 0.236 e. The summed E-state index contributed by atoms with van der Waals surface area (Å²) >= 11 is 3.44. The van der Waals surface area contributed by atoms with Crippen molar-refractivity contribution in [3.8, 4) is 10.8 Å². The number of thiophene rings is 1. The quantitative estimate of drug-likeness (QED) is 0.626. The highest BCUT2D eigenvalue weighted by atomic mass is 32.2. The minimum atomic E-state index is -0.154. The van der Waals surface area contributed by atoms with Crippen LogP contribution in [-0.4, -0.2) is 46.3 Å². The SMILES string of the molecule is Cc1oc(-c2cccs2)nc1CC(=O)Nc1ccc(CC(=O)N2CCSCC2)cc1. The lowest BCUT2D eigenvalue weighted by molar-refractivity contribution is -0.130. The first-order valence-electron chi connectivity index (χ1n) is 9.83. The number of aryl methyl sites for hydroxylation is 1. The van der Waals surface area contributed by atoms with E-state index in [0.717, 1.165) is 35.0 Å². The molecule has 0 radical (unpaired) electrons. The summed E-state index contributed by atoms with van der Waals surface area (Å²) in [5.74, 6) is 3.23. The molecule has 1 saturated heterocycles. The summed E-state index contributed by atoms with van der Waals surface area (Å²) in [4.78, 5) is 32.2. The number of nitrogens with zero attached hydrogens (tertiary/aromatic N) is 2. The third-order valence-corrected chi connectivity index (χ3v) is 6.71. The Balaban J connectivity index is 1.32. The Kier molecular flexibility index (Phi) is 6.54. The fourth-order valence-electron chi connectivity index (χ4n) is 3.26. The van der Waals surface area contributed by atoms with Crippen LogP contribution in [0.15, 0.2) is 46.2 Å². The van der Waals surface area contributed by atoms with Gasteiger partial charge in [-0.25, -0.2) is 4.98 Å². The molecule has 3 heterocycles. The van der Waals surface area contributed by atoms with E-state index in [1.165, 1.54) is 0 Å². The fourth-order valence-corrected chi connectivity index (χ4v) is 4.81. The molecule has 0 unspecified atom stereocenters. The van der Waals surface area contributed by atoms with Gasteiger partial charge in [-0.15, -0.1) is 11.3 Å². The van der Waals surface area contributed by atoms with E-state index in [1.807, 2.05) is 65.4 Å². The van der Waals surface area contributed by atoms with Crippen LogP contribution in [0.5, 0.6) is 0 Å². The predicted molar refractivity (Wildman–Crippen MR) is 121 cm³/mol. The maximum Gasteiger partial charge on any atom is 0.236 e. The monoisotopic (exact) mass is 441 g/mol. The van der Waals surface area contributed by atoms with Gasteiger partial charge in [-0.05, 0) is 36.1 Å². The van der Waals surface area contributed by atoms with Gasteiger partial charge in [0.1, 0.15) is 5.76 Å². The summed E-state index contributed by atoms with van der Waals surface area (Å²) in [7, 11) is 0. The van der Waals surface area contributed by atoms with Gasteiger partial charge in [-0.1, -0.05) is 18.2 Å².